The fourth-order valence-electron chi connectivity index (χ4n) is 0. The Morgan fingerprint density at radius 3 is 0.538 bits per heavy atom. The van der Waals surface area contributed by atoms with Crippen molar-refractivity contribution in [2.75, 3.05) is 0 Å². The zero-order chi connectivity index (χ0) is 9.00. The van der Waals surface area contributed by atoms with Gasteiger partial charge in [-0.3, -0.25) is 0 Å². The molecule has 0 spiro atoms. The number of rotatable bonds is 0. The van der Waals surface area contributed by atoms with Crippen LogP contribution in [-0.2, 0) is 87.7 Å². The van der Waals surface area contributed by atoms with E-state index < -0.39 is 15.6 Å². The minimum absolute atomic E-state index is 0. The quantitative estimate of drug-likeness (QED) is 0.226. The summed E-state index contributed by atoms with van der Waals surface area (Å²) < 4.78 is 17.8. The van der Waals surface area contributed by atoms with Gasteiger partial charge in [-0.05, 0) is 0 Å². The Hall–Kier alpha value is 2.87. The summed E-state index contributed by atoms with van der Waals surface area (Å²) in [6.07, 6.45) is 0. The Morgan fingerprint density at radius 2 is 0.538 bits per heavy atom. The first kappa shape index (κ1) is 29.7. The third-order valence-corrected chi connectivity index (χ3v) is 0. The second-order valence-corrected chi connectivity index (χ2v) is 3.08. The van der Waals surface area contributed by atoms with Gasteiger partial charge in [0.2, 0.25) is 0 Å². The molecule has 13 heteroatoms. The molecule has 0 atom stereocenters. The van der Waals surface area contributed by atoms with Crippen molar-refractivity contribution in [3.63, 3.8) is 0 Å². The smallest absolute Gasteiger partial charge is 0.303 e. The summed E-state index contributed by atoms with van der Waals surface area (Å²) in [7, 11) is -9.28. The molecule has 0 aliphatic rings. The third kappa shape index (κ3) is 299. The average Bonchev–Trinajstić information content (AvgIpc) is 1.12. The minimum atomic E-state index is -4.64. The van der Waals surface area contributed by atoms with Crippen molar-refractivity contribution in [1.82, 2.24) is 0 Å². The third-order valence-electron chi connectivity index (χ3n) is 0. The zero-order valence-electron chi connectivity index (χ0n) is 5.89. The van der Waals surface area contributed by atoms with Crippen molar-refractivity contribution >= 4 is 15.6 Å². The topological polar surface area (TPSA) is 156 Å². The van der Waals surface area contributed by atoms with Crippen LogP contribution in [0.1, 0.15) is 0 Å². The maximum Gasteiger partial charge on any atom is 0.466 e. The van der Waals surface area contributed by atoms with Crippen molar-refractivity contribution in [3.8, 4) is 0 Å². The van der Waals surface area contributed by atoms with Crippen molar-refractivity contribution in [2.24, 2.45) is 0 Å². The van der Waals surface area contributed by atoms with Crippen LogP contribution in [0.2, 0.25) is 0 Å². The van der Waals surface area contributed by atoms with Crippen LogP contribution in [0.5, 0.6) is 0 Å². The Labute approximate surface area is 131 Å². The molecule has 0 heterocycles. The fraction of sp³-hybridized carbons (Fsp3) is 0. The van der Waals surface area contributed by atoms with Gasteiger partial charge < -0.3 is 29.4 Å². The summed E-state index contributed by atoms with van der Waals surface area (Å²) in [5.41, 5.74) is 0. The van der Waals surface area contributed by atoms with Crippen LogP contribution < -0.4 is 0 Å². The maximum absolute atomic E-state index is 8.88. The van der Waals surface area contributed by atoms with Gasteiger partial charge in [-0.1, -0.05) is 0 Å². The molecule has 76 valence electrons. The van der Waals surface area contributed by atoms with E-state index in [1.165, 1.54) is 0 Å². The van der Waals surface area contributed by atoms with E-state index in [1.807, 2.05) is 0 Å². The Balaban J connectivity index is -0.0000000267. The van der Waals surface area contributed by atoms with Crippen molar-refractivity contribution < 1.29 is 117 Å². The van der Waals surface area contributed by atoms with Gasteiger partial charge in [0.15, 0.2) is 0 Å². The molecule has 0 aromatic rings. The van der Waals surface area contributed by atoms with Crippen molar-refractivity contribution in [1.29, 1.82) is 0 Å². The molecule has 0 aromatic heterocycles. The summed E-state index contributed by atoms with van der Waals surface area (Å²) in [6.45, 7) is 0. The molecule has 0 unspecified atom stereocenters. The summed E-state index contributed by atoms with van der Waals surface area (Å²) in [4.78, 5) is 43.1. The van der Waals surface area contributed by atoms with Gasteiger partial charge in [-0.2, -0.15) is 0 Å². The van der Waals surface area contributed by atoms with Gasteiger partial charge in [0.1, 0.15) is 0 Å². The fourth-order valence-corrected chi connectivity index (χ4v) is 0. The molecular weight excluding hydrogens is 464 g/mol. The number of phosphoric acid groups is 2. The molecule has 6 N–H and O–H groups in total. The Bertz CT molecular complexity index is 130. The molecule has 0 radical (unpaired) electrons. The van der Waals surface area contributed by atoms with Gasteiger partial charge in [0, 0.05) is 78.6 Å². The first-order valence-electron chi connectivity index (χ1n) is 1.57. The number of hydrogen-bond acceptors (Lipinski definition) is 2. The van der Waals surface area contributed by atoms with Gasteiger partial charge in [0.25, 0.3) is 0 Å². The molecule has 0 rings (SSSR count). The van der Waals surface area contributed by atoms with Gasteiger partial charge in [0.05, 0.1) is 0 Å². The molecule has 8 nitrogen and oxygen atoms in total. The number of hydrogen-bond donors (Lipinski definition) is 6. The molecular formula is H6O8P2Zr3. The van der Waals surface area contributed by atoms with Crippen LogP contribution in [0.15, 0.2) is 0 Å². The Morgan fingerprint density at radius 1 is 0.538 bits per heavy atom. The SMILES string of the molecule is O=P(O)(O)O.O=P(O)(O)O.[Zr].[Zr].[Zr]. The molecule has 0 saturated carbocycles. The summed E-state index contributed by atoms with van der Waals surface area (Å²) in [5.74, 6) is 0. The first-order chi connectivity index (χ1) is 4.00. The average molecular weight is 470 g/mol. The van der Waals surface area contributed by atoms with Crippen LogP contribution >= 0.6 is 15.6 Å². The van der Waals surface area contributed by atoms with Crippen LogP contribution in [0.25, 0.3) is 0 Å². The van der Waals surface area contributed by atoms with E-state index in [1.54, 1.807) is 0 Å². The van der Waals surface area contributed by atoms with E-state index in [0.29, 0.717) is 0 Å². The largest absolute Gasteiger partial charge is 0.466 e. The minimum Gasteiger partial charge on any atom is -0.303 e. The maximum atomic E-state index is 8.88. The van der Waals surface area contributed by atoms with Crippen LogP contribution in [0, 0.1) is 0 Å². The summed E-state index contributed by atoms with van der Waals surface area (Å²) >= 11 is 0. The van der Waals surface area contributed by atoms with E-state index in [-0.39, 0.29) is 78.6 Å². The molecule has 0 fully saturated rings. The van der Waals surface area contributed by atoms with Crippen LogP contribution in [0.4, 0.5) is 0 Å². The standard InChI is InChI=1S/2H3O4P.3Zr/c2*1-5(2,3)4;;;/h2*(H3,1,2,3,4);;;. The van der Waals surface area contributed by atoms with E-state index in [2.05, 4.69) is 0 Å². The van der Waals surface area contributed by atoms with E-state index in [4.69, 9.17) is 38.5 Å². The summed E-state index contributed by atoms with van der Waals surface area (Å²) in [5, 5.41) is 0. The molecule has 0 aliphatic heterocycles. The molecule has 0 amide bonds. The molecule has 0 aliphatic carbocycles. The van der Waals surface area contributed by atoms with Crippen molar-refractivity contribution in [3.05, 3.63) is 0 Å². The van der Waals surface area contributed by atoms with Crippen molar-refractivity contribution in [2.45, 2.75) is 0 Å². The molecule has 13 heavy (non-hydrogen) atoms. The first-order valence-corrected chi connectivity index (χ1v) is 4.70. The van der Waals surface area contributed by atoms with E-state index in [0.717, 1.165) is 0 Å². The monoisotopic (exact) mass is 466 g/mol. The Kier molecular flexibility index (Phi) is 29.6. The zero-order valence-corrected chi connectivity index (χ0v) is 15.1. The molecule has 0 saturated heterocycles. The molecule has 0 bridgehead atoms. The van der Waals surface area contributed by atoms with Gasteiger partial charge in [-0.15, -0.1) is 0 Å². The van der Waals surface area contributed by atoms with Gasteiger partial charge >= 0.3 is 15.6 Å². The van der Waals surface area contributed by atoms with E-state index in [9.17, 15) is 0 Å². The van der Waals surface area contributed by atoms with Crippen LogP contribution in [-0.4, -0.2) is 29.4 Å². The van der Waals surface area contributed by atoms with Gasteiger partial charge in [-0.25, -0.2) is 9.13 Å². The second kappa shape index (κ2) is 12.9. The van der Waals surface area contributed by atoms with E-state index >= 15 is 0 Å². The predicted octanol–water partition coefficient (Wildman–Crippen LogP) is -1.86. The summed E-state index contributed by atoms with van der Waals surface area (Å²) in [6, 6.07) is 0. The van der Waals surface area contributed by atoms with Crippen LogP contribution in [0.3, 0.4) is 0 Å². The predicted molar refractivity (Wildman–Crippen MR) is 28.5 cm³/mol. The second-order valence-electron chi connectivity index (χ2n) is 1.03. The molecule has 0 aromatic carbocycles. The normalized spacial score (nSPS) is 9.08.